The fraction of sp³-hybridized carbons (Fsp3) is 0.333. The first-order valence-corrected chi connectivity index (χ1v) is 14.1. The number of hydrogen-bond acceptors (Lipinski definition) is 4. The normalized spacial score (nSPS) is 14.9. The van der Waals surface area contributed by atoms with Crippen molar-refractivity contribution in [3.8, 4) is 0 Å². The van der Waals surface area contributed by atoms with Gasteiger partial charge in [0.05, 0.1) is 0 Å². The smallest absolute Gasteiger partial charge is 0.252 e. The molecule has 3 amide bonds. The van der Waals surface area contributed by atoms with Crippen LogP contribution in [-0.2, 0) is 14.4 Å². The second kappa shape index (κ2) is 17.4. The maximum Gasteiger partial charge on any atom is 0.252 e. The van der Waals surface area contributed by atoms with Gasteiger partial charge in [0.15, 0.2) is 0 Å². The Labute approximate surface area is 253 Å². The molecule has 1 aromatic heterocycles. The van der Waals surface area contributed by atoms with Crippen molar-refractivity contribution in [2.45, 2.75) is 51.5 Å². The molecule has 226 valence electrons. The number of amides is 3. The minimum atomic E-state index is -2.72. The van der Waals surface area contributed by atoms with Gasteiger partial charge in [0.25, 0.3) is 5.92 Å². The van der Waals surface area contributed by atoms with Crippen molar-refractivity contribution in [1.29, 1.82) is 0 Å². The molecule has 2 heterocycles. The molecule has 1 aliphatic carbocycles. The van der Waals surface area contributed by atoms with Crippen LogP contribution in [-0.4, -0.2) is 48.3 Å². The van der Waals surface area contributed by atoms with Crippen molar-refractivity contribution in [3.63, 3.8) is 0 Å². The van der Waals surface area contributed by atoms with Gasteiger partial charge in [-0.25, -0.2) is 18.2 Å². The number of alkyl halides is 2. The number of rotatable bonds is 6. The van der Waals surface area contributed by atoms with Gasteiger partial charge in [0.2, 0.25) is 18.2 Å². The number of halogens is 5. The lowest BCUT2D eigenvalue weighted by Crippen LogP contribution is -2.52. The van der Waals surface area contributed by atoms with Crippen molar-refractivity contribution >= 4 is 52.9 Å². The van der Waals surface area contributed by atoms with E-state index in [9.17, 15) is 27.6 Å². The molecule has 0 spiro atoms. The van der Waals surface area contributed by atoms with Crippen LogP contribution >= 0.6 is 23.2 Å². The van der Waals surface area contributed by atoms with E-state index in [1.165, 1.54) is 18.2 Å². The molecule has 1 aliphatic heterocycles. The highest BCUT2D eigenvalue weighted by atomic mass is 35.5. The van der Waals surface area contributed by atoms with E-state index >= 15 is 0 Å². The van der Waals surface area contributed by atoms with Crippen LogP contribution in [0.5, 0.6) is 0 Å². The number of carbonyl (C=O) groups is 3. The number of pyridine rings is 1. The largest absolute Gasteiger partial charge is 0.351 e. The number of hydrogen-bond donors (Lipinski definition) is 1. The second-order valence-corrected chi connectivity index (χ2v) is 9.83. The van der Waals surface area contributed by atoms with Gasteiger partial charge in [-0.05, 0) is 48.9 Å². The van der Waals surface area contributed by atoms with Crippen molar-refractivity contribution in [3.05, 3.63) is 88.8 Å². The van der Waals surface area contributed by atoms with Crippen LogP contribution in [0.2, 0.25) is 10.2 Å². The first-order valence-electron chi connectivity index (χ1n) is 13.3. The number of aromatic nitrogens is 1. The molecule has 7 nitrogen and oxygen atoms in total. The highest BCUT2D eigenvalue weighted by Gasteiger charge is 2.45. The fourth-order valence-corrected chi connectivity index (χ4v) is 4.19. The average Bonchev–Trinajstić information content (AvgIpc) is 3.39. The summed E-state index contributed by atoms with van der Waals surface area (Å²) in [5, 5.41) is 3.63. The summed E-state index contributed by atoms with van der Waals surface area (Å²) in [5.41, 5.74) is 0.231. The first-order chi connectivity index (χ1) is 20.1. The SMILES string of the molecule is CC.Clc1ccccc1.O=C1CCCN1c1cccc(Cl)n1.O=CN(CC(=O)NC1CC(F)(F)C1)c1cccc(F)c1. The summed E-state index contributed by atoms with van der Waals surface area (Å²) < 4.78 is 38.3. The van der Waals surface area contributed by atoms with Gasteiger partial charge in [-0.15, -0.1) is 0 Å². The van der Waals surface area contributed by atoms with E-state index < -0.39 is 23.7 Å². The molecule has 0 radical (unpaired) electrons. The van der Waals surface area contributed by atoms with Gasteiger partial charge in [0, 0.05) is 42.6 Å². The zero-order chi connectivity index (χ0) is 31.1. The monoisotopic (exact) mass is 624 g/mol. The lowest BCUT2D eigenvalue weighted by Gasteiger charge is -2.35. The molecule has 2 aromatic carbocycles. The van der Waals surface area contributed by atoms with Crippen LogP contribution in [0.15, 0.2) is 72.8 Å². The summed E-state index contributed by atoms with van der Waals surface area (Å²) in [6, 6.07) is 19.4. The Hall–Kier alpha value is -3.63. The van der Waals surface area contributed by atoms with E-state index in [4.69, 9.17) is 23.2 Å². The lowest BCUT2D eigenvalue weighted by atomic mass is 9.88. The van der Waals surface area contributed by atoms with E-state index in [0.29, 0.717) is 23.8 Å². The second-order valence-electron chi connectivity index (χ2n) is 9.00. The highest BCUT2D eigenvalue weighted by molar-refractivity contribution is 6.30. The number of nitrogens with one attached hydrogen (secondary N) is 1. The van der Waals surface area contributed by atoms with Gasteiger partial charge in [-0.1, -0.05) is 67.4 Å². The van der Waals surface area contributed by atoms with Crippen LogP contribution in [0.4, 0.5) is 24.7 Å². The minimum absolute atomic E-state index is 0.134. The Balaban J connectivity index is 0.000000238. The molecular weight excluding hydrogens is 592 g/mol. The Kier molecular flexibility index (Phi) is 14.3. The third-order valence-corrected chi connectivity index (χ3v) is 6.28. The molecule has 0 bridgehead atoms. The fourth-order valence-electron chi connectivity index (χ4n) is 3.89. The van der Waals surface area contributed by atoms with Crippen molar-refractivity contribution in [1.82, 2.24) is 10.3 Å². The first kappa shape index (κ1) is 34.6. The van der Waals surface area contributed by atoms with E-state index in [1.54, 1.807) is 23.1 Å². The van der Waals surface area contributed by atoms with E-state index in [2.05, 4.69) is 10.3 Å². The molecule has 0 unspecified atom stereocenters. The van der Waals surface area contributed by atoms with Crippen molar-refractivity contribution in [2.75, 3.05) is 22.9 Å². The predicted molar refractivity (Wildman–Crippen MR) is 160 cm³/mol. The van der Waals surface area contributed by atoms with Crippen molar-refractivity contribution in [2.24, 2.45) is 0 Å². The maximum atomic E-state index is 13.0. The lowest BCUT2D eigenvalue weighted by molar-refractivity contribution is -0.128. The summed E-state index contributed by atoms with van der Waals surface area (Å²) in [6.07, 6.45) is 1.14. The molecule has 1 saturated carbocycles. The summed E-state index contributed by atoms with van der Waals surface area (Å²) in [6.45, 7) is 4.42. The van der Waals surface area contributed by atoms with Gasteiger partial charge >= 0.3 is 0 Å². The summed E-state index contributed by atoms with van der Waals surface area (Å²) in [5.74, 6) is -3.01. The molecule has 2 aliphatic rings. The van der Waals surface area contributed by atoms with Gasteiger partial charge < -0.3 is 10.2 Å². The Morgan fingerprint density at radius 3 is 2.24 bits per heavy atom. The van der Waals surface area contributed by atoms with Gasteiger partial charge in [0.1, 0.15) is 23.3 Å². The zero-order valence-corrected chi connectivity index (χ0v) is 24.8. The number of anilines is 2. The molecule has 0 atom stereocenters. The van der Waals surface area contributed by atoms with E-state index in [0.717, 1.165) is 29.0 Å². The number of nitrogens with zero attached hydrogens (tertiary/aromatic N) is 3. The molecule has 3 aromatic rings. The molecular formula is C30H33Cl2F3N4O3. The van der Waals surface area contributed by atoms with Crippen LogP contribution in [0.3, 0.4) is 0 Å². The molecule has 42 heavy (non-hydrogen) atoms. The summed E-state index contributed by atoms with van der Waals surface area (Å²) in [4.78, 5) is 40.6. The maximum absolute atomic E-state index is 13.0. The zero-order valence-electron chi connectivity index (χ0n) is 23.3. The third-order valence-electron chi connectivity index (χ3n) is 5.82. The van der Waals surface area contributed by atoms with Crippen LogP contribution < -0.4 is 15.1 Å². The molecule has 2 fully saturated rings. The summed E-state index contributed by atoms with van der Waals surface area (Å²) >= 11 is 11.3. The molecule has 12 heteroatoms. The van der Waals surface area contributed by atoms with Crippen molar-refractivity contribution < 1.29 is 27.6 Å². The Bertz CT molecular complexity index is 1290. The third kappa shape index (κ3) is 11.7. The molecule has 5 rings (SSSR count). The van der Waals surface area contributed by atoms with E-state index in [1.807, 2.05) is 44.2 Å². The van der Waals surface area contributed by atoms with Crippen LogP contribution in [0.1, 0.15) is 39.5 Å². The standard InChI is InChI=1S/C13H13F3N2O2.C9H9ClN2O.C6H5Cl.C2H6/c14-9-2-1-3-11(4-9)18(8-19)7-12(20)17-10-5-13(15,16)6-10;10-7-3-1-4-8(11-7)12-6-2-5-9(12)13;7-6-4-2-1-3-5-6;1-2/h1-4,8,10H,5-7H2,(H,17,20);1,3-4H,2,5-6H2;1-5H;1-2H3. The predicted octanol–water partition coefficient (Wildman–Crippen LogP) is 6.93. The van der Waals surface area contributed by atoms with Gasteiger partial charge in [-0.3, -0.25) is 19.3 Å². The van der Waals surface area contributed by atoms with Crippen LogP contribution in [0.25, 0.3) is 0 Å². The Morgan fingerprint density at radius 1 is 1.07 bits per heavy atom. The summed E-state index contributed by atoms with van der Waals surface area (Å²) in [7, 11) is 0. The van der Waals surface area contributed by atoms with Gasteiger partial charge in [-0.2, -0.15) is 0 Å². The molecule has 1 saturated heterocycles. The van der Waals surface area contributed by atoms with E-state index in [-0.39, 0.29) is 31.0 Å². The topological polar surface area (TPSA) is 82.6 Å². The minimum Gasteiger partial charge on any atom is -0.351 e. The Morgan fingerprint density at radius 2 is 1.74 bits per heavy atom. The number of benzene rings is 2. The number of carbonyl (C=O) groups excluding carboxylic acids is 3. The highest BCUT2D eigenvalue weighted by Crippen LogP contribution is 2.37. The molecule has 1 N–H and O–H groups in total. The quantitative estimate of drug-likeness (QED) is 0.238. The van der Waals surface area contributed by atoms with Crippen LogP contribution in [0, 0.1) is 5.82 Å². The average molecular weight is 626 g/mol.